The van der Waals surface area contributed by atoms with E-state index in [1.54, 1.807) is 0 Å². The lowest BCUT2D eigenvalue weighted by Crippen LogP contribution is -2.43. The number of hydrogen-bond acceptors (Lipinski definition) is 7. The summed E-state index contributed by atoms with van der Waals surface area (Å²) in [5, 5.41) is 0. The summed E-state index contributed by atoms with van der Waals surface area (Å²) in [5.41, 5.74) is 18.5. The zero-order valence-corrected chi connectivity index (χ0v) is 36.2. The smallest absolute Gasteiger partial charge is 0.254 e. The second-order valence-electron chi connectivity index (χ2n) is 16.5. The molecule has 0 spiro atoms. The predicted octanol–water partition coefficient (Wildman–Crippen LogP) is 7.08. The van der Waals surface area contributed by atoms with E-state index >= 15 is 0 Å². The van der Waals surface area contributed by atoms with Crippen LogP contribution < -0.4 is 11.5 Å². The fraction of sp³-hybridized carbons (Fsp3) is 0.533. The third kappa shape index (κ3) is 10.5. The number of likely N-dealkylation sites (tertiary alicyclic amines) is 2. The van der Waals surface area contributed by atoms with Crippen molar-refractivity contribution in [1.29, 1.82) is 0 Å². The molecule has 4 N–H and O–H groups in total. The summed E-state index contributed by atoms with van der Waals surface area (Å²) >= 11 is 3.48. The van der Waals surface area contributed by atoms with Crippen LogP contribution in [0.2, 0.25) is 0 Å². The molecule has 4 atom stereocenters. The molecule has 0 bridgehead atoms. The summed E-state index contributed by atoms with van der Waals surface area (Å²) in [6.45, 7) is 12.3. The number of halogens is 2. The van der Waals surface area contributed by atoms with Crippen LogP contribution in [0.15, 0.2) is 71.5 Å². The molecule has 3 aromatic carbocycles. The number of carbonyl (C=O) groups excluding carboxylic acids is 2. The first kappa shape index (κ1) is 43.3. The highest BCUT2D eigenvalue weighted by Gasteiger charge is 2.28. The van der Waals surface area contributed by atoms with Crippen molar-refractivity contribution in [3.8, 4) is 5.69 Å². The van der Waals surface area contributed by atoms with Crippen LogP contribution in [-0.4, -0.2) is 117 Å². The molecule has 1 aromatic heterocycles. The Balaban J connectivity index is 0.000000165. The van der Waals surface area contributed by atoms with Gasteiger partial charge in [0.15, 0.2) is 0 Å². The number of rotatable bonds is 7. The van der Waals surface area contributed by atoms with Gasteiger partial charge in [0.05, 0.1) is 11.0 Å². The maximum absolute atomic E-state index is 13.0. The van der Waals surface area contributed by atoms with E-state index in [0.717, 1.165) is 103 Å². The number of para-hydroxylation sites is 2. The maximum atomic E-state index is 13.0. The van der Waals surface area contributed by atoms with E-state index in [1.807, 2.05) is 58.6 Å². The quantitative estimate of drug-likeness (QED) is 0.204. The van der Waals surface area contributed by atoms with Gasteiger partial charge in [-0.3, -0.25) is 24.0 Å². The third-order valence-electron chi connectivity index (χ3n) is 12.8. The van der Waals surface area contributed by atoms with E-state index in [0.29, 0.717) is 12.1 Å². The second-order valence-corrected chi connectivity index (χ2v) is 17.4. The minimum absolute atomic E-state index is 0. The first-order chi connectivity index (χ1) is 27.2. The van der Waals surface area contributed by atoms with Gasteiger partial charge in [0.2, 0.25) is 0 Å². The number of imidazole rings is 1. The van der Waals surface area contributed by atoms with Gasteiger partial charge in [-0.15, -0.1) is 12.4 Å². The molecule has 1 aliphatic carbocycles. The minimum Gasteiger partial charge on any atom is -0.337 e. The standard InChI is InChI=1S/C23H26N4O.C16H21BrN2O.C6H14N2.ClH/c1-17-5-4-11-25(17)13-14-26-12-10-18-15-19(8-9-20(18)23(26)28)27-16-24-21-6-2-3-7-22(21)27;1-12-3-2-7-18(12)9-10-19-8-6-13-11-14(17)4-5-15(13)16(19)20;7-5-3-1-2-4-6(5)8;/h2-3,6-9,15-17H,4-5,10-14H2,1H3;4-5,11-12H,2-3,6-10H2,1H3;5-6H,1-4,7-8H2;1H/t17-;12-;5-,6-;/m111./s1. The van der Waals surface area contributed by atoms with Crippen LogP contribution in [-0.2, 0) is 12.8 Å². The molecule has 57 heavy (non-hydrogen) atoms. The number of amides is 2. The SMILES string of the molecule is C[C@@H]1CCCN1CCN1CCc2cc(-n3cnc4ccccc43)ccc2C1=O.C[C@@H]1CCCN1CCN1CCc2cc(Br)ccc2C1=O.Cl.N[C@@H]1CCCC[C@H]1N. The van der Waals surface area contributed by atoms with Gasteiger partial charge in [-0.25, -0.2) is 4.98 Å². The largest absolute Gasteiger partial charge is 0.337 e. The van der Waals surface area contributed by atoms with E-state index in [1.165, 1.54) is 57.2 Å². The zero-order chi connectivity index (χ0) is 39.2. The Labute approximate surface area is 353 Å². The molecule has 2 saturated heterocycles. The maximum Gasteiger partial charge on any atom is 0.254 e. The lowest BCUT2D eigenvalue weighted by atomic mass is 9.92. The van der Waals surface area contributed by atoms with Crippen LogP contribution in [0.25, 0.3) is 16.7 Å². The Morgan fingerprint density at radius 2 is 1.21 bits per heavy atom. The van der Waals surface area contributed by atoms with Gasteiger partial charge < -0.3 is 21.3 Å². The lowest BCUT2D eigenvalue weighted by molar-refractivity contribution is 0.0709. The summed E-state index contributed by atoms with van der Waals surface area (Å²) in [5.74, 6) is 0.376. The fourth-order valence-corrected chi connectivity index (χ4v) is 9.51. The predicted molar refractivity (Wildman–Crippen MR) is 237 cm³/mol. The molecule has 10 nitrogen and oxygen atoms in total. The Hall–Kier alpha value is -3.32. The van der Waals surface area contributed by atoms with Gasteiger partial charge in [0.1, 0.15) is 6.33 Å². The van der Waals surface area contributed by atoms with Crippen LogP contribution in [0.5, 0.6) is 0 Å². The van der Waals surface area contributed by atoms with Gasteiger partial charge in [-0.05, 0) is 138 Å². The molecule has 1 saturated carbocycles. The summed E-state index contributed by atoms with van der Waals surface area (Å²) in [4.78, 5) is 39.1. The number of nitrogens with zero attached hydrogens (tertiary/aromatic N) is 6. The zero-order valence-electron chi connectivity index (χ0n) is 33.8. The summed E-state index contributed by atoms with van der Waals surface area (Å²) < 4.78 is 3.16. The molecule has 0 radical (unpaired) electrons. The average molecular weight is 862 g/mol. The van der Waals surface area contributed by atoms with E-state index in [4.69, 9.17) is 11.5 Å². The van der Waals surface area contributed by atoms with E-state index in [-0.39, 0.29) is 36.3 Å². The van der Waals surface area contributed by atoms with Crippen molar-refractivity contribution in [3.05, 3.63) is 93.7 Å². The molecule has 9 rings (SSSR count). The number of carbonyl (C=O) groups is 2. The summed E-state index contributed by atoms with van der Waals surface area (Å²) in [6, 6.07) is 22.2. The minimum atomic E-state index is 0. The van der Waals surface area contributed by atoms with Crippen LogP contribution in [0, 0.1) is 0 Å². The van der Waals surface area contributed by atoms with E-state index in [9.17, 15) is 9.59 Å². The first-order valence-electron chi connectivity index (χ1n) is 21.1. The Morgan fingerprint density at radius 1 is 0.667 bits per heavy atom. The normalized spacial score (nSPS) is 23.6. The van der Waals surface area contributed by atoms with Gasteiger partial charge in [0.25, 0.3) is 11.8 Å². The van der Waals surface area contributed by atoms with Crippen molar-refractivity contribution in [3.63, 3.8) is 0 Å². The van der Waals surface area contributed by atoms with Crippen molar-refractivity contribution >= 4 is 51.2 Å². The van der Waals surface area contributed by atoms with Crippen molar-refractivity contribution in [2.75, 3.05) is 52.4 Å². The third-order valence-corrected chi connectivity index (χ3v) is 13.3. The molecule has 5 aliphatic rings. The van der Waals surface area contributed by atoms with Crippen molar-refractivity contribution < 1.29 is 9.59 Å². The van der Waals surface area contributed by atoms with Crippen LogP contribution in [0.1, 0.15) is 97.1 Å². The molecule has 12 heteroatoms. The Morgan fingerprint density at radius 3 is 1.75 bits per heavy atom. The lowest BCUT2D eigenvalue weighted by Gasteiger charge is -2.31. The number of nitrogens with two attached hydrogens (primary N) is 2. The molecule has 3 fully saturated rings. The van der Waals surface area contributed by atoms with Crippen molar-refractivity contribution in [1.82, 2.24) is 29.2 Å². The van der Waals surface area contributed by atoms with Gasteiger partial charge >= 0.3 is 0 Å². The van der Waals surface area contributed by atoms with Gasteiger partial charge in [-0.1, -0.05) is 40.9 Å². The number of aromatic nitrogens is 2. The molecule has 308 valence electrons. The molecular weight excluding hydrogens is 800 g/mol. The van der Waals surface area contributed by atoms with Crippen LogP contribution in [0.3, 0.4) is 0 Å². The highest BCUT2D eigenvalue weighted by atomic mass is 79.9. The first-order valence-corrected chi connectivity index (χ1v) is 21.9. The molecule has 4 aromatic rings. The molecule has 4 aliphatic heterocycles. The van der Waals surface area contributed by atoms with E-state index in [2.05, 4.69) is 67.3 Å². The van der Waals surface area contributed by atoms with Gasteiger partial charge in [0, 0.05) is 84.7 Å². The average Bonchev–Trinajstić information content (AvgIpc) is 3.95. The van der Waals surface area contributed by atoms with Gasteiger partial charge in [-0.2, -0.15) is 0 Å². The fourth-order valence-electron chi connectivity index (χ4n) is 9.11. The number of hydrogen-bond donors (Lipinski definition) is 2. The highest BCUT2D eigenvalue weighted by molar-refractivity contribution is 9.10. The highest BCUT2D eigenvalue weighted by Crippen LogP contribution is 2.26. The second kappa shape index (κ2) is 20.1. The summed E-state index contributed by atoms with van der Waals surface area (Å²) in [6.07, 6.45) is 13.7. The van der Waals surface area contributed by atoms with Crippen molar-refractivity contribution in [2.45, 2.75) is 102 Å². The number of benzene rings is 3. The summed E-state index contributed by atoms with van der Waals surface area (Å²) in [7, 11) is 0. The monoisotopic (exact) mass is 860 g/mol. The molecule has 5 heterocycles. The van der Waals surface area contributed by atoms with Crippen LogP contribution in [0.4, 0.5) is 0 Å². The molecule has 2 amide bonds. The van der Waals surface area contributed by atoms with E-state index < -0.39 is 0 Å². The Kier molecular flexibility index (Phi) is 15.3. The Bertz CT molecular complexity index is 1960. The number of fused-ring (bicyclic) bond motifs is 3. The topological polar surface area (TPSA) is 117 Å². The molecule has 0 unspecified atom stereocenters. The van der Waals surface area contributed by atoms with Crippen LogP contribution >= 0.6 is 28.3 Å². The van der Waals surface area contributed by atoms with Crippen molar-refractivity contribution in [2.24, 2.45) is 11.5 Å². The molecular formula is C45H62BrClN8O2.